The number of nitrogens with two attached hydrogens (primary N) is 1. The van der Waals surface area contributed by atoms with Crippen LogP contribution in [0.15, 0.2) is 18.2 Å². The molecule has 1 aromatic heterocycles. The lowest BCUT2D eigenvalue weighted by atomic mass is 10.1. The van der Waals surface area contributed by atoms with Gasteiger partial charge in [0.2, 0.25) is 0 Å². The molecule has 20 heavy (non-hydrogen) atoms. The molecule has 2 aromatic rings. The molecule has 1 aliphatic rings. The number of rotatable bonds is 3. The van der Waals surface area contributed by atoms with Crippen molar-refractivity contribution in [2.24, 2.45) is 0 Å². The highest BCUT2D eigenvalue weighted by Crippen LogP contribution is 2.42. The molecule has 102 valence electrons. The molecule has 1 aromatic carbocycles. The normalized spacial score (nSPS) is 14.2. The minimum absolute atomic E-state index is 0.308. The highest BCUT2D eigenvalue weighted by molar-refractivity contribution is 5.71. The minimum Gasteiger partial charge on any atom is -0.383 e. The second-order valence-electron chi connectivity index (χ2n) is 4.93. The summed E-state index contributed by atoms with van der Waals surface area (Å²) >= 11 is 0. The van der Waals surface area contributed by atoms with Crippen LogP contribution in [0, 0.1) is 24.0 Å². The fourth-order valence-corrected chi connectivity index (χ4v) is 2.30. The maximum Gasteiger partial charge on any atom is 0.132 e. The van der Waals surface area contributed by atoms with Gasteiger partial charge in [-0.15, -0.1) is 6.42 Å². The number of hydrogen-bond acceptors (Lipinski definition) is 2. The maximum absolute atomic E-state index is 13.3. The first kappa shape index (κ1) is 12.7. The Morgan fingerprint density at radius 2 is 1.95 bits per heavy atom. The molecular weight excluding hydrogens is 260 g/mol. The molecule has 1 aliphatic carbocycles. The van der Waals surface area contributed by atoms with Gasteiger partial charge in [0.05, 0.1) is 6.54 Å². The van der Waals surface area contributed by atoms with E-state index in [1.807, 2.05) is 0 Å². The Kier molecular flexibility index (Phi) is 2.94. The molecule has 2 N–H and O–H groups in total. The number of nitrogens with zero attached hydrogens (tertiary/aromatic N) is 2. The van der Waals surface area contributed by atoms with Crippen LogP contribution >= 0.6 is 0 Å². The van der Waals surface area contributed by atoms with Gasteiger partial charge in [-0.25, -0.2) is 13.8 Å². The van der Waals surface area contributed by atoms with E-state index in [1.54, 1.807) is 4.57 Å². The Balaban J connectivity index is 2.14. The van der Waals surface area contributed by atoms with Crippen molar-refractivity contribution in [2.75, 3.05) is 5.73 Å². The van der Waals surface area contributed by atoms with Crippen molar-refractivity contribution >= 4 is 5.82 Å². The number of nitrogen functional groups attached to an aromatic ring is 1. The number of terminal acetylenes is 1. The van der Waals surface area contributed by atoms with Gasteiger partial charge in [-0.05, 0) is 25.0 Å². The van der Waals surface area contributed by atoms with Crippen molar-refractivity contribution in [3.05, 3.63) is 35.7 Å². The second-order valence-corrected chi connectivity index (χ2v) is 4.93. The molecule has 0 spiro atoms. The summed E-state index contributed by atoms with van der Waals surface area (Å²) < 4.78 is 28.4. The van der Waals surface area contributed by atoms with Crippen molar-refractivity contribution in [1.29, 1.82) is 0 Å². The molecule has 5 heteroatoms. The van der Waals surface area contributed by atoms with E-state index >= 15 is 0 Å². The standard InChI is InChI=1S/C15H13F2N3/c1-2-5-20-14(18)13(19-15(20)9-3-4-9)10-6-11(16)8-12(17)7-10/h1,6-9H,3-5,18H2. The lowest BCUT2D eigenvalue weighted by Crippen LogP contribution is -2.05. The maximum atomic E-state index is 13.3. The van der Waals surface area contributed by atoms with Crippen molar-refractivity contribution in [1.82, 2.24) is 9.55 Å². The van der Waals surface area contributed by atoms with Crippen molar-refractivity contribution in [3.63, 3.8) is 0 Å². The van der Waals surface area contributed by atoms with Crippen LogP contribution in [0.25, 0.3) is 11.3 Å². The number of aromatic nitrogens is 2. The molecule has 1 heterocycles. The number of anilines is 1. The molecule has 0 bridgehead atoms. The fraction of sp³-hybridized carbons (Fsp3) is 0.267. The third-order valence-corrected chi connectivity index (χ3v) is 3.36. The first-order chi connectivity index (χ1) is 9.60. The average Bonchev–Trinajstić information content (AvgIpc) is 3.16. The van der Waals surface area contributed by atoms with Crippen molar-refractivity contribution in [2.45, 2.75) is 25.3 Å². The van der Waals surface area contributed by atoms with E-state index in [4.69, 9.17) is 12.2 Å². The van der Waals surface area contributed by atoms with Crippen LogP contribution in [0.4, 0.5) is 14.6 Å². The quantitative estimate of drug-likeness (QED) is 0.874. The molecule has 0 saturated heterocycles. The zero-order valence-corrected chi connectivity index (χ0v) is 10.7. The van der Waals surface area contributed by atoms with Crippen molar-refractivity contribution < 1.29 is 8.78 Å². The lowest BCUT2D eigenvalue weighted by Gasteiger charge is -2.05. The van der Waals surface area contributed by atoms with E-state index in [1.165, 1.54) is 12.1 Å². The van der Waals surface area contributed by atoms with Gasteiger partial charge in [-0.1, -0.05) is 5.92 Å². The highest BCUT2D eigenvalue weighted by atomic mass is 19.1. The Morgan fingerprint density at radius 1 is 1.30 bits per heavy atom. The van der Waals surface area contributed by atoms with Gasteiger partial charge >= 0.3 is 0 Å². The lowest BCUT2D eigenvalue weighted by molar-refractivity contribution is 0.584. The SMILES string of the molecule is C#CCn1c(C2CC2)nc(-c2cc(F)cc(F)c2)c1N. The minimum atomic E-state index is -0.654. The smallest absolute Gasteiger partial charge is 0.132 e. The first-order valence-corrected chi connectivity index (χ1v) is 6.36. The summed E-state index contributed by atoms with van der Waals surface area (Å²) in [4.78, 5) is 4.45. The van der Waals surface area contributed by atoms with E-state index in [9.17, 15) is 8.78 Å². The highest BCUT2D eigenvalue weighted by Gasteiger charge is 2.30. The fourth-order valence-electron chi connectivity index (χ4n) is 2.30. The summed E-state index contributed by atoms with van der Waals surface area (Å²) in [5, 5.41) is 0. The average molecular weight is 273 g/mol. The Labute approximate surface area is 115 Å². The summed E-state index contributed by atoms with van der Waals surface area (Å²) in [7, 11) is 0. The predicted molar refractivity (Wildman–Crippen MR) is 72.8 cm³/mol. The molecule has 1 fully saturated rings. The summed E-state index contributed by atoms with van der Waals surface area (Å²) in [6.45, 7) is 0.308. The Morgan fingerprint density at radius 3 is 2.50 bits per heavy atom. The van der Waals surface area contributed by atoms with E-state index in [0.717, 1.165) is 24.7 Å². The van der Waals surface area contributed by atoms with Crippen LogP contribution < -0.4 is 5.73 Å². The van der Waals surface area contributed by atoms with Gasteiger partial charge in [0, 0.05) is 17.5 Å². The summed E-state index contributed by atoms with van der Waals surface area (Å²) in [5.74, 6) is 2.73. The van der Waals surface area contributed by atoms with E-state index in [0.29, 0.717) is 29.5 Å². The monoisotopic (exact) mass is 273 g/mol. The number of hydrogen-bond donors (Lipinski definition) is 1. The molecule has 3 rings (SSSR count). The van der Waals surface area contributed by atoms with Crippen LogP contribution in [0.5, 0.6) is 0 Å². The van der Waals surface area contributed by atoms with Crippen LogP contribution in [-0.4, -0.2) is 9.55 Å². The van der Waals surface area contributed by atoms with E-state index in [2.05, 4.69) is 10.9 Å². The zero-order valence-electron chi connectivity index (χ0n) is 10.7. The Hall–Kier alpha value is -2.35. The van der Waals surface area contributed by atoms with Gasteiger partial charge in [-0.3, -0.25) is 0 Å². The summed E-state index contributed by atoms with van der Waals surface area (Å²) in [6, 6.07) is 3.26. The topological polar surface area (TPSA) is 43.8 Å². The van der Waals surface area contributed by atoms with Crippen LogP contribution in [-0.2, 0) is 6.54 Å². The number of imidazole rings is 1. The van der Waals surface area contributed by atoms with Gasteiger partial charge < -0.3 is 10.3 Å². The molecule has 0 aliphatic heterocycles. The molecule has 0 atom stereocenters. The van der Waals surface area contributed by atoms with Crippen LogP contribution in [0.3, 0.4) is 0 Å². The Bertz CT molecular complexity index is 688. The van der Waals surface area contributed by atoms with Gasteiger partial charge in [0.1, 0.15) is 29.0 Å². The van der Waals surface area contributed by atoms with Gasteiger partial charge in [0.25, 0.3) is 0 Å². The molecule has 1 saturated carbocycles. The third kappa shape index (κ3) is 2.14. The molecule has 3 nitrogen and oxygen atoms in total. The third-order valence-electron chi connectivity index (χ3n) is 3.36. The van der Waals surface area contributed by atoms with Gasteiger partial charge in [-0.2, -0.15) is 0 Å². The molecule has 0 radical (unpaired) electrons. The van der Waals surface area contributed by atoms with E-state index in [-0.39, 0.29) is 0 Å². The molecule has 0 unspecified atom stereocenters. The summed E-state index contributed by atoms with van der Waals surface area (Å²) in [5.41, 5.74) is 6.77. The molecular formula is C15H13F2N3. The summed E-state index contributed by atoms with van der Waals surface area (Å²) in [6.07, 6.45) is 7.42. The van der Waals surface area contributed by atoms with Gasteiger partial charge in [0.15, 0.2) is 0 Å². The van der Waals surface area contributed by atoms with E-state index < -0.39 is 11.6 Å². The van der Waals surface area contributed by atoms with Crippen molar-refractivity contribution in [3.8, 4) is 23.6 Å². The second kappa shape index (κ2) is 4.64. The molecule has 0 amide bonds. The largest absolute Gasteiger partial charge is 0.383 e. The van der Waals surface area contributed by atoms with Crippen LogP contribution in [0.2, 0.25) is 0 Å². The number of benzene rings is 1. The van der Waals surface area contributed by atoms with Crippen LogP contribution in [0.1, 0.15) is 24.6 Å². The predicted octanol–water partition coefficient (Wildman–Crippen LogP) is 2.92. The zero-order chi connectivity index (χ0) is 14.3. The number of halogens is 2. The first-order valence-electron chi connectivity index (χ1n) is 6.36.